The zero-order valence-corrected chi connectivity index (χ0v) is 13.7. The van der Waals surface area contributed by atoms with Crippen LogP contribution < -0.4 is 0 Å². The van der Waals surface area contributed by atoms with Gasteiger partial charge < -0.3 is 9.64 Å². The lowest BCUT2D eigenvalue weighted by Gasteiger charge is -2.35. The summed E-state index contributed by atoms with van der Waals surface area (Å²) >= 11 is 0. The Bertz CT molecular complexity index is 360. The van der Waals surface area contributed by atoms with E-state index < -0.39 is 5.60 Å². The summed E-state index contributed by atoms with van der Waals surface area (Å²) in [7, 11) is 3.07. The van der Waals surface area contributed by atoms with E-state index in [4.69, 9.17) is 9.57 Å². The third-order valence-electron chi connectivity index (χ3n) is 3.29. The molecule has 1 saturated heterocycles. The average Bonchev–Trinajstić information content (AvgIpc) is 2.42. The van der Waals surface area contributed by atoms with Crippen LogP contribution in [-0.2, 0) is 14.4 Å². The van der Waals surface area contributed by atoms with Crippen molar-refractivity contribution in [2.75, 3.05) is 46.9 Å². The third kappa shape index (κ3) is 6.31. The Balaban J connectivity index is 2.29. The van der Waals surface area contributed by atoms with Crippen LogP contribution in [0.4, 0.5) is 4.79 Å². The van der Waals surface area contributed by atoms with E-state index in [1.807, 2.05) is 20.8 Å². The van der Waals surface area contributed by atoms with E-state index in [1.54, 1.807) is 11.9 Å². The second-order valence-electron chi connectivity index (χ2n) is 6.13. The Morgan fingerprint density at radius 1 is 1.14 bits per heavy atom. The lowest BCUT2D eigenvalue weighted by atomic mass is 10.2. The Labute approximate surface area is 126 Å². The summed E-state index contributed by atoms with van der Waals surface area (Å²) in [5.74, 6) is -0.0490. The van der Waals surface area contributed by atoms with Gasteiger partial charge in [-0.15, -0.1) is 0 Å². The topological polar surface area (TPSA) is 62.3 Å². The first kappa shape index (κ1) is 17.7. The number of rotatable bonds is 4. The van der Waals surface area contributed by atoms with Gasteiger partial charge in [-0.05, 0) is 20.8 Å². The van der Waals surface area contributed by atoms with Crippen molar-refractivity contribution >= 4 is 12.0 Å². The molecule has 7 nitrogen and oxygen atoms in total. The number of ether oxygens (including phenoxy) is 1. The van der Waals surface area contributed by atoms with Gasteiger partial charge in [0.2, 0.25) is 5.91 Å². The minimum Gasteiger partial charge on any atom is -0.444 e. The SMILES string of the molecule is CON(C)C(=O)CCN1CCN(C(=O)OC(C)(C)C)CC1. The highest BCUT2D eigenvalue weighted by molar-refractivity contribution is 5.74. The molecule has 0 saturated carbocycles. The zero-order chi connectivity index (χ0) is 16.0. The van der Waals surface area contributed by atoms with E-state index in [9.17, 15) is 9.59 Å². The molecule has 0 atom stereocenters. The van der Waals surface area contributed by atoms with Crippen molar-refractivity contribution in [2.24, 2.45) is 0 Å². The second-order valence-corrected chi connectivity index (χ2v) is 6.13. The predicted molar refractivity (Wildman–Crippen MR) is 78.6 cm³/mol. The third-order valence-corrected chi connectivity index (χ3v) is 3.29. The van der Waals surface area contributed by atoms with Crippen molar-refractivity contribution in [1.82, 2.24) is 14.9 Å². The summed E-state index contributed by atoms with van der Waals surface area (Å²) in [4.78, 5) is 32.3. The molecule has 21 heavy (non-hydrogen) atoms. The van der Waals surface area contributed by atoms with Gasteiger partial charge in [-0.3, -0.25) is 14.5 Å². The van der Waals surface area contributed by atoms with Gasteiger partial charge >= 0.3 is 6.09 Å². The van der Waals surface area contributed by atoms with Crippen molar-refractivity contribution in [3.05, 3.63) is 0 Å². The van der Waals surface area contributed by atoms with Crippen LogP contribution in [0.2, 0.25) is 0 Å². The predicted octanol–water partition coefficient (Wildman–Crippen LogP) is 0.949. The van der Waals surface area contributed by atoms with Crippen molar-refractivity contribution in [3.63, 3.8) is 0 Å². The van der Waals surface area contributed by atoms with Crippen LogP contribution in [-0.4, -0.2) is 79.3 Å². The maximum atomic E-state index is 11.9. The molecule has 2 amide bonds. The summed E-state index contributed by atoms with van der Waals surface area (Å²) in [6.45, 7) is 9.02. The number of amides is 2. The summed E-state index contributed by atoms with van der Waals surface area (Å²) in [5, 5.41) is 1.23. The lowest BCUT2D eigenvalue weighted by molar-refractivity contribution is -0.169. The zero-order valence-electron chi connectivity index (χ0n) is 13.7. The lowest BCUT2D eigenvalue weighted by Crippen LogP contribution is -2.50. The van der Waals surface area contributed by atoms with Crippen LogP contribution in [0.25, 0.3) is 0 Å². The molecule has 1 fully saturated rings. The fourth-order valence-electron chi connectivity index (χ4n) is 1.99. The van der Waals surface area contributed by atoms with Gasteiger partial charge in [0.1, 0.15) is 5.60 Å². The number of nitrogens with zero attached hydrogens (tertiary/aromatic N) is 3. The van der Waals surface area contributed by atoms with Crippen LogP contribution in [0.5, 0.6) is 0 Å². The van der Waals surface area contributed by atoms with E-state index in [2.05, 4.69) is 4.90 Å². The highest BCUT2D eigenvalue weighted by Crippen LogP contribution is 2.12. The molecular formula is C14H27N3O4. The molecule has 1 aliphatic rings. The van der Waals surface area contributed by atoms with Crippen LogP contribution in [0.15, 0.2) is 0 Å². The molecule has 122 valence electrons. The molecule has 0 unspecified atom stereocenters. The monoisotopic (exact) mass is 301 g/mol. The number of carbonyl (C=O) groups is 2. The van der Waals surface area contributed by atoms with E-state index in [0.717, 1.165) is 13.1 Å². The molecule has 0 aromatic carbocycles. The smallest absolute Gasteiger partial charge is 0.410 e. The maximum absolute atomic E-state index is 11.9. The molecule has 0 bridgehead atoms. The molecule has 1 rings (SSSR count). The fourth-order valence-corrected chi connectivity index (χ4v) is 1.99. The number of hydrogen-bond acceptors (Lipinski definition) is 5. The average molecular weight is 301 g/mol. The minimum atomic E-state index is -0.467. The fraction of sp³-hybridized carbons (Fsp3) is 0.857. The first-order valence-corrected chi connectivity index (χ1v) is 7.24. The summed E-state index contributed by atoms with van der Waals surface area (Å²) < 4.78 is 5.35. The highest BCUT2D eigenvalue weighted by Gasteiger charge is 2.26. The Kier molecular flexibility index (Phi) is 6.42. The minimum absolute atomic E-state index is 0.0490. The largest absolute Gasteiger partial charge is 0.444 e. The van der Waals surface area contributed by atoms with Crippen LogP contribution in [0, 0.1) is 0 Å². The van der Waals surface area contributed by atoms with Gasteiger partial charge in [0, 0.05) is 46.2 Å². The molecule has 0 N–H and O–H groups in total. The molecule has 0 aromatic heterocycles. The van der Waals surface area contributed by atoms with Crippen molar-refractivity contribution in [1.29, 1.82) is 0 Å². The number of hydroxylamine groups is 2. The van der Waals surface area contributed by atoms with Crippen LogP contribution >= 0.6 is 0 Å². The van der Waals surface area contributed by atoms with Crippen LogP contribution in [0.3, 0.4) is 0 Å². The molecule has 0 radical (unpaired) electrons. The first-order chi connectivity index (χ1) is 9.73. The Hall–Kier alpha value is -1.34. The second kappa shape index (κ2) is 7.61. The van der Waals surface area contributed by atoms with Gasteiger partial charge in [0.25, 0.3) is 0 Å². The molecule has 1 aliphatic heterocycles. The van der Waals surface area contributed by atoms with E-state index in [0.29, 0.717) is 26.1 Å². The van der Waals surface area contributed by atoms with Gasteiger partial charge in [-0.1, -0.05) is 0 Å². The number of carbonyl (C=O) groups excluding carboxylic acids is 2. The summed E-state index contributed by atoms with van der Waals surface area (Å²) in [6, 6.07) is 0. The van der Waals surface area contributed by atoms with Gasteiger partial charge in [-0.25, -0.2) is 9.86 Å². The number of hydrogen-bond donors (Lipinski definition) is 0. The molecular weight excluding hydrogens is 274 g/mol. The standard InChI is InChI=1S/C14H27N3O4/c1-14(2,3)21-13(19)17-10-8-16(9-11-17)7-6-12(18)15(4)20-5/h6-11H2,1-5H3. The van der Waals surface area contributed by atoms with E-state index in [-0.39, 0.29) is 12.0 Å². The normalized spacial score (nSPS) is 16.7. The highest BCUT2D eigenvalue weighted by atomic mass is 16.7. The van der Waals surface area contributed by atoms with Crippen LogP contribution in [0.1, 0.15) is 27.2 Å². The number of piperazine rings is 1. The van der Waals surface area contributed by atoms with Crippen molar-refractivity contribution in [3.8, 4) is 0 Å². The quantitative estimate of drug-likeness (QED) is 0.724. The molecule has 7 heteroatoms. The molecule has 0 aliphatic carbocycles. The van der Waals surface area contributed by atoms with Crippen molar-refractivity contribution < 1.29 is 19.2 Å². The van der Waals surface area contributed by atoms with E-state index in [1.165, 1.54) is 12.2 Å². The molecule has 1 heterocycles. The van der Waals surface area contributed by atoms with E-state index >= 15 is 0 Å². The summed E-state index contributed by atoms with van der Waals surface area (Å²) in [5.41, 5.74) is -0.467. The molecule has 0 spiro atoms. The van der Waals surface area contributed by atoms with Gasteiger partial charge in [0.15, 0.2) is 0 Å². The van der Waals surface area contributed by atoms with Gasteiger partial charge in [0.05, 0.1) is 7.11 Å². The van der Waals surface area contributed by atoms with Gasteiger partial charge in [-0.2, -0.15) is 0 Å². The first-order valence-electron chi connectivity index (χ1n) is 7.24. The maximum Gasteiger partial charge on any atom is 0.410 e. The summed E-state index contributed by atoms with van der Waals surface area (Å²) in [6.07, 6.45) is 0.147. The Morgan fingerprint density at radius 2 is 1.71 bits per heavy atom. The van der Waals surface area contributed by atoms with Crippen molar-refractivity contribution in [2.45, 2.75) is 32.8 Å². The molecule has 0 aromatic rings. The Morgan fingerprint density at radius 3 is 2.19 bits per heavy atom.